The van der Waals surface area contributed by atoms with Crippen LogP contribution in [-0.2, 0) is 4.65 Å². The second-order valence-electron chi connectivity index (χ2n) is 6.89. The van der Waals surface area contributed by atoms with Crippen LogP contribution in [0.4, 0.5) is 0 Å². The van der Waals surface area contributed by atoms with Crippen LogP contribution in [0.25, 0.3) is 21.9 Å². The van der Waals surface area contributed by atoms with Gasteiger partial charge in [0.15, 0.2) is 0 Å². The van der Waals surface area contributed by atoms with Gasteiger partial charge in [0, 0.05) is 15.8 Å². The van der Waals surface area contributed by atoms with Crippen LogP contribution in [0.5, 0.6) is 0 Å². The van der Waals surface area contributed by atoms with E-state index in [4.69, 9.17) is 20.7 Å². The minimum atomic E-state index is -0.942. The van der Waals surface area contributed by atoms with E-state index in [9.17, 15) is 5.11 Å². The molecule has 0 fully saturated rings. The number of halogens is 1. The van der Waals surface area contributed by atoms with E-state index in [0.717, 1.165) is 27.4 Å². The molecule has 0 saturated carbocycles. The molecule has 0 spiro atoms. The number of hydrogen-bond donors (Lipinski definition) is 1. The highest BCUT2D eigenvalue weighted by atomic mass is 35.5. The van der Waals surface area contributed by atoms with Crippen LogP contribution < -0.4 is 5.46 Å². The van der Waals surface area contributed by atoms with Gasteiger partial charge in [-0.2, -0.15) is 0 Å². The zero-order valence-electron chi connectivity index (χ0n) is 13.8. The fraction of sp³-hybridized carbons (Fsp3) is 0.333. The van der Waals surface area contributed by atoms with E-state index in [1.54, 1.807) is 13.8 Å². The van der Waals surface area contributed by atoms with Crippen LogP contribution in [0.2, 0.25) is 5.02 Å². The van der Waals surface area contributed by atoms with E-state index in [1.807, 2.05) is 50.2 Å². The smallest absolute Gasteiger partial charge is 0.310 e. The highest BCUT2D eigenvalue weighted by molar-refractivity contribution is 6.53. The normalized spacial score (nSPS) is 13.0. The summed E-state index contributed by atoms with van der Waals surface area (Å²) in [7, 11) is 0.384. The molecular weight excluding hydrogens is 310 g/mol. The Labute approximate surface area is 141 Å². The molecule has 3 rings (SSSR count). The SMILES string of the molecule is CC(C)(O)C(C)(C)OBc1cccc2oc3ccc(Cl)cc3c12. The Morgan fingerprint density at radius 2 is 1.83 bits per heavy atom. The summed E-state index contributed by atoms with van der Waals surface area (Å²) in [5.41, 5.74) is 1.01. The lowest BCUT2D eigenvalue weighted by molar-refractivity contribution is -0.0893. The predicted octanol–water partition coefficient (Wildman–Crippen LogP) is 3.78. The predicted molar refractivity (Wildman–Crippen MR) is 97.0 cm³/mol. The molecule has 0 unspecified atom stereocenters. The van der Waals surface area contributed by atoms with Gasteiger partial charge in [0.1, 0.15) is 11.2 Å². The quantitative estimate of drug-likeness (QED) is 0.740. The first kappa shape index (κ1) is 16.4. The molecule has 0 aliphatic carbocycles. The lowest BCUT2D eigenvalue weighted by Gasteiger charge is -2.37. The summed E-state index contributed by atoms with van der Waals surface area (Å²) in [6, 6.07) is 11.5. The summed E-state index contributed by atoms with van der Waals surface area (Å²) < 4.78 is 11.9. The summed E-state index contributed by atoms with van der Waals surface area (Å²) in [5.74, 6) is 0. The lowest BCUT2D eigenvalue weighted by Crippen LogP contribution is -2.49. The third-order valence-electron chi connectivity index (χ3n) is 4.61. The molecule has 3 aromatic rings. The number of furan rings is 1. The third-order valence-corrected chi connectivity index (χ3v) is 4.84. The van der Waals surface area contributed by atoms with E-state index < -0.39 is 11.2 Å². The van der Waals surface area contributed by atoms with Gasteiger partial charge in [-0.15, -0.1) is 0 Å². The van der Waals surface area contributed by atoms with Crippen molar-refractivity contribution in [3.05, 3.63) is 41.4 Å². The van der Waals surface area contributed by atoms with Crippen LogP contribution >= 0.6 is 11.6 Å². The molecule has 1 heterocycles. The van der Waals surface area contributed by atoms with Crippen LogP contribution in [0.15, 0.2) is 40.8 Å². The van der Waals surface area contributed by atoms with E-state index in [0.29, 0.717) is 12.5 Å². The Morgan fingerprint density at radius 1 is 1.09 bits per heavy atom. The summed E-state index contributed by atoms with van der Waals surface area (Å²) in [6.07, 6.45) is 0. The second kappa shape index (κ2) is 5.55. The molecule has 0 aliphatic rings. The van der Waals surface area contributed by atoms with E-state index in [2.05, 4.69) is 0 Å². The first-order chi connectivity index (χ1) is 10.7. The maximum Gasteiger partial charge on any atom is 0.310 e. The van der Waals surface area contributed by atoms with Crippen LogP contribution in [0.1, 0.15) is 27.7 Å². The van der Waals surface area contributed by atoms with Crippen molar-refractivity contribution >= 4 is 46.5 Å². The van der Waals surface area contributed by atoms with Crippen molar-refractivity contribution in [3.63, 3.8) is 0 Å². The molecule has 120 valence electrons. The summed E-state index contributed by atoms with van der Waals surface area (Å²) >= 11 is 6.13. The molecule has 3 nitrogen and oxygen atoms in total. The Kier molecular flexibility index (Phi) is 3.95. The van der Waals surface area contributed by atoms with Crippen molar-refractivity contribution < 1.29 is 14.2 Å². The van der Waals surface area contributed by atoms with Gasteiger partial charge >= 0.3 is 7.48 Å². The van der Waals surface area contributed by atoms with Crippen molar-refractivity contribution in [2.75, 3.05) is 0 Å². The average molecular weight is 331 g/mol. The summed E-state index contributed by atoms with van der Waals surface area (Å²) in [6.45, 7) is 7.27. The van der Waals surface area contributed by atoms with Gasteiger partial charge in [-0.3, -0.25) is 0 Å². The Morgan fingerprint density at radius 3 is 2.52 bits per heavy atom. The number of aliphatic hydroxyl groups is 1. The molecule has 5 heteroatoms. The van der Waals surface area contributed by atoms with Gasteiger partial charge < -0.3 is 14.2 Å². The Bertz CT molecular complexity index is 862. The minimum Gasteiger partial charge on any atom is -0.456 e. The number of fused-ring (bicyclic) bond motifs is 3. The van der Waals surface area contributed by atoms with Crippen molar-refractivity contribution in [2.45, 2.75) is 38.9 Å². The molecular formula is C18H20BClO3. The maximum absolute atomic E-state index is 10.2. The highest BCUT2D eigenvalue weighted by Crippen LogP contribution is 2.30. The lowest BCUT2D eigenvalue weighted by atomic mass is 9.80. The van der Waals surface area contributed by atoms with Crippen LogP contribution in [0.3, 0.4) is 0 Å². The fourth-order valence-corrected chi connectivity index (χ4v) is 2.60. The van der Waals surface area contributed by atoms with Gasteiger partial charge in [0.2, 0.25) is 0 Å². The minimum absolute atomic E-state index is 0.384. The largest absolute Gasteiger partial charge is 0.456 e. The maximum atomic E-state index is 10.2. The van der Waals surface area contributed by atoms with Gasteiger partial charge in [0.05, 0.1) is 11.2 Å². The zero-order chi connectivity index (χ0) is 16.8. The molecule has 0 amide bonds. The molecule has 2 aromatic carbocycles. The summed E-state index contributed by atoms with van der Waals surface area (Å²) in [5, 5.41) is 12.9. The third kappa shape index (κ3) is 2.99. The number of benzene rings is 2. The first-order valence-corrected chi connectivity index (χ1v) is 8.03. The molecule has 0 aliphatic heterocycles. The molecule has 1 N–H and O–H groups in total. The van der Waals surface area contributed by atoms with E-state index in [1.165, 1.54) is 0 Å². The fourth-order valence-electron chi connectivity index (χ4n) is 2.43. The van der Waals surface area contributed by atoms with Gasteiger partial charge in [0.25, 0.3) is 0 Å². The van der Waals surface area contributed by atoms with E-state index in [-0.39, 0.29) is 0 Å². The monoisotopic (exact) mass is 330 g/mol. The van der Waals surface area contributed by atoms with Gasteiger partial charge in [-0.1, -0.05) is 23.7 Å². The van der Waals surface area contributed by atoms with Crippen LogP contribution in [0, 0.1) is 0 Å². The summed E-state index contributed by atoms with van der Waals surface area (Å²) in [4.78, 5) is 0. The number of rotatable bonds is 4. The van der Waals surface area contributed by atoms with Gasteiger partial charge in [-0.25, -0.2) is 0 Å². The zero-order valence-corrected chi connectivity index (χ0v) is 14.6. The molecule has 0 bridgehead atoms. The number of hydrogen-bond acceptors (Lipinski definition) is 3. The standard InChI is InChI=1S/C18H20BClO3/c1-17(2,21)18(3,4)23-19-13-6-5-7-15-16(13)12-10-11(20)8-9-14(12)22-15/h5-10,19,21H,1-4H3. The van der Waals surface area contributed by atoms with Gasteiger partial charge in [-0.05, 0) is 57.4 Å². The topological polar surface area (TPSA) is 42.6 Å². The van der Waals surface area contributed by atoms with Crippen molar-refractivity contribution in [2.24, 2.45) is 0 Å². The highest BCUT2D eigenvalue weighted by Gasteiger charge is 2.35. The Hall–Kier alpha value is -1.49. The molecule has 1 aromatic heterocycles. The second-order valence-corrected chi connectivity index (χ2v) is 7.33. The molecule has 0 atom stereocenters. The Balaban J connectivity index is 2.04. The van der Waals surface area contributed by atoms with Crippen molar-refractivity contribution in [3.8, 4) is 0 Å². The first-order valence-electron chi connectivity index (χ1n) is 7.65. The van der Waals surface area contributed by atoms with Crippen LogP contribution in [-0.4, -0.2) is 23.8 Å². The average Bonchev–Trinajstić information content (AvgIpc) is 2.82. The van der Waals surface area contributed by atoms with E-state index >= 15 is 0 Å². The van der Waals surface area contributed by atoms with Crippen molar-refractivity contribution in [1.29, 1.82) is 0 Å². The van der Waals surface area contributed by atoms with Crippen molar-refractivity contribution in [1.82, 2.24) is 0 Å². The molecule has 23 heavy (non-hydrogen) atoms. The molecule has 0 radical (unpaired) electrons. The molecule has 0 saturated heterocycles.